The van der Waals surface area contributed by atoms with Crippen LogP contribution in [0.5, 0.6) is 5.75 Å². The fourth-order valence-corrected chi connectivity index (χ4v) is 6.97. The van der Waals surface area contributed by atoms with Crippen molar-refractivity contribution in [2.45, 2.75) is 102 Å². The van der Waals surface area contributed by atoms with Crippen molar-refractivity contribution in [3.05, 3.63) is 29.8 Å². The second kappa shape index (κ2) is 16.0. The lowest BCUT2D eigenvalue weighted by Gasteiger charge is -2.43. The van der Waals surface area contributed by atoms with E-state index in [4.69, 9.17) is 9.47 Å². The third-order valence-corrected chi connectivity index (χ3v) is 9.50. The molecule has 1 unspecified atom stereocenters. The van der Waals surface area contributed by atoms with Crippen molar-refractivity contribution in [2.75, 3.05) is 47.0 Å². The van der Waals surface area contributed by atoms with Crippen LogP contribution >= 0.6 is 0 Å². The van der Waals surface area contributed by atoms with Crippen LogP contribution in [0.2, 0.25) is 0 Å². The van der Waals surface area contributed by atoms with Gasteiger partial charge in [-0.25, -0.2) is 4.79 Å². The Bertz CT molecular complexity index is 888. The van der Waals surface area contributed by atoms with Gasteiger partial charge in [-0.05, 0) is 69.9 Å². The molecule has 3 N–H and O–H groups in total. The van der Waals surface area contributed by atoms with Gasteiger partial charge in [0.1, 0.15) is 5.75 Å². The molecule has 1 heterocycles. The summed E-state index contributed by atoms with van der Waals surface area (Å²) in [6.45, 7) is 3.45. The topological polar surface area (TPSA) is 83.1 Å². The molecule has 2 saturated carbocycles. The Kier molecular flexibility index (Phi) is 12.4. The van der Waals surface area contributed by atoms with Crippen LogP contribution in [0, 0.1) is 17.8 Å². The highest BCUT2D eigenvalue weighted by atomic mass is 16.5. The molecular formula is C33H55N3O4. The van der Waals surface area contributed by atoms with E-state index in [-0.39, 0.29) is 18.0 Å². The molecule has 0 spiro atoms. The van der Waals surface area contributed by atoms with Crippen LogP contribution < -0.4 is 15.4 Å². The Balaban J connectivity index is 1.45. The molecule has 7 nitrogen and oxygen atoms in total. The number of methoxy groups -OCH3 is 1. The average molecular weight is 558 g/mol. The van der Waals surface area contributed by atoms with Crippen molar-refractivity contribution >= 4 is 6.03 Å². The maximum absolute atomic E-state index is 13.6. The summed E-state index contributed by atoms with van der Waals surface area (Å²) in [5, 5.41) is 19.2. The van der Waals surface area contributed by atoms with Crippen LogP contribution in [0.25, 0.3) is 0 Å². The van der Waals surface area contributed by atoms with Crippen molar-refractivity contribution < 1.29 is 19.4 Å². The van der Waals surface area contributed by atoms with E-state index >= 15 is 0 Å². The van der Waals surface area contributed by atoms with Gasteiger partial charge in [-0.1, -0.05) is 63.1 Å². The molecular weight excluding hydrogens is 502 g/mol. The van der Waals surface area contributed by atoms with Gasteiger partial charge in [-0.2, -0.15) is 0 Å². The van der Waals surface area contributed by atoms with Crippen LogP contribution in [0.15, 0.2) is 24.3 Å². The highest BCUT2D eigenvalue weighted by molar-refractivity contribution is 5.74. The maximum Gasteiger partial charge on any atom is 0.317 e. The number of urea groups is 1. The first-order valence-corrected chi connectivity index (χ1v) is 16.2. The van der Waals surface area contributed by atoms with Crippen LogP contribution in [-0.2, 0) is 10.3 Å². The second-order valence-corrected chi connectivity index (χ2v) is 12.7. The highest BCUT2D eigenvalue weighted by Gasteiger charge is 2.43. The van der Waals surface area contributed by atoms with Gasteiger partial charge in [0.25, 0.3) is 0 Å². The third kappa shape index (κ3) is 9.09. The van der Waals surface area contributed by atoms with E-state index in [1.165, 1.54) is 44.9 Å². The number of nitrogens with one attached hydrogen (secondary N) is 2. The minimum absolute atomic E-state index is 0.0106. The number of carbonyl (C=O) groups excluding carboxylic acids is 1. The number of aliphatic hydroxyl groups is 1. The normalized spacial score (nSPS) is 22.5. The van der Waals surface area contributed by atoms with Crippen LogP contribution in [0.1, 0.15) is 95.5 Å². The molecule has 226 valence electrons. The van der Waals surface area contributed by atoms with Gasteiger partial charge in [0.05, 0.1) is 12.2 Å². The lowest BCUT2D eigenvalue weighted by atomic mass is 9.73. The minimum Gasteiger partial charge on any atom is -0.493 e. The highest BCUT2D eigenvalue weighted by Crippen LogP contribution is 2.44. The Morgan fingerprint density at radius 2 is 1.85 bits per heavy atom. The fourth-order valence-electron chi connectivity index (χ4n) is 6.97. The molecule has 0 bridgehead atoms. The van der Waals surface area contributed by atoms with Crippen LogP contribution in [-0.4, -0.2) is 69.1 Å². The van der Waals surface area contributed by atoms with Crippen molar-refractivity contribution in [3.8, 4) is 5.75 Å². The van der Waals surface area contributed by atoms with E-state index in [0.29, 0.717) is 32.1 Å². The quantitative estimate of drug-likeness (QED) is 0.222. The van der Waals surface area contributed by atoms with Gasteiger partial charge >= 0.3 is 6.03 Å². The van der Waals surface area contributed by atoms with Crippen molar-refractivity contribution in [1.82, 2.24) is 15.5 Å². The molecule has 2 amide bonds. The zero-order valence-electron chi connectivity index (χ0n) is 25.2. The Hall–Kier alpha value is -1.83. The molecule has 3 aliphatic rings. The number of benzene rings is 1. The van der Waals surface area contributed by atoms with Gasteiger partial charge in [0.15, 0.2) is 0 Å². The maximum atomic E-state index is 13.6. The summed E-state index contributed by atoms with van der Waals surface area (Å²) in [6.07, 6.45) is 15.4. The van der Waals surface area contributed by atoms with Crippen molar-refractivity contribution in [1.29, 1.82) is 0 Å². The van der Waals surface area contributed by atoms with E-state index in [0.717, 1.165) is 68.8 Å². The minimum atomic E-state index is -1.06. The molecule has 0 radical (unpaired) electrons. The molecule has 3 fully saturated rings. The lowest BCUT2D eigenvalue weighted by Crippen LogP contribution is -2.54. The third-order valence-electron chi connectivity index (χ3n) is 9.50. The van der Waals surface area contributed by atoms with E-state index in [1.54, 1.807) is 7.11 Å². The Labute approximate surface area is 242 Å². The molecule has 1 aliphatic heterocycles. The summed E-state index contributed by atoms with van der Waals surface area (Å²) >= 11 is 0. The van der Waals surface area contributed by atoms with E-state index in [2.05, 4.69) is 10.6 Å². The van der Waals surface area contributed by atoms with E-state index in [9.17, 15) is 9.90 Å². The SMILES string of the molecule is CNC[C@H](CC1CCCCC1)NC(=O)N1CCC[C@@H](C(O)(CCCCOC)c2ccccc2OCCC2CC2)C1. The van der Waals surface area contributed by atoms with E-state index in [1.807, 2.05) is 36.2 Å². The number of piperidine rings is 1. The lowest BCUT2D eigenvalue weighted by molar-refractivity contribution is -0.0580. The number of hydrogen-bond acceptors (Lipinski definition) is 5. The number of carbonyl (C=O) groups is 1. The smallest absolute Gasteiger partial charge is 0.317 e. The predicted octanol–water partition coefficient (Wildman–Crippen LogP) is 5.85. The van der Waals surface area contributed by atoms with Crippen LogP contribution in [0.4, 0.5) is 4.79 Å². The number of rotatable bonds is 16. The van der Waals surface area contributed by atoms with Gasteiger partial charge < -0.3 is 30.1 Å². The molecule has 7 heteroatoms. The number of hydrogen-bond donors (Lipinski definition) is 3. The number of likely N-dealkylation sites (N-methyl/N-ethyl adjacent to an activating group) is 1. The summed E-state index contributed by atoms with van der Waals surface area (Å²) in [4.78, 5) is 15.5. The average Bonchev–Trinajstić information content (AvgIpc) is 3.81. The molecule has 2 aliphatic carbocycles. The summed E-state index contributed by atoms with van der Waals surface area (Å²) in [5.74, 6) is 2.25. The van der Waals surface area contributed by atoms with Gasteiger partial charge in [0.2, 0.25) is 0 Å². The summed E-state index contributed by atoms with van der Waals surface area (Å²) in [6, 6.07) is 8.18. The number of para-hydroxylation sites is 1. The number of nitrogens with zero attached hydrogens (tertiary/aromatic N) is 1. The van der Waals surface area contributed by atoms with Crippen LogP contribution in [0.3, 0.4) is 0 Å². The number of amides is 2. The molecule has 40 heavy (non-hydrogen) atoms. The fraction of sp³-hybridized carbons (Fsp3) is 0.788. The molecule has 0 aromatic heterocycles. The first kappa shape index (κ1) is 31.1. The molecule has 3 atom stereocenters. The Morgan fingerprint density at radius 3 is 2.60 bits per heavy atom. The van der Waals surface area contributed by atoms with Gasteiger partial charge in [0, 0.05) is 50.9 Å². The molecule has 1 aromatic rings. The van der Waals surface area contributed by atoms with Gasteiger partial charge in [-0.3, -0.25) is 0 Å². The van der Waals surface area contributed by atoms with Gasteiger partial charge in [-0.15, -0.1) is 0 Å². The predicted molar refractivity (Wildman–Crippen MR) is 161 cm³/mol. The van der Waals surface area contributed by atoms with E-state index < -0.39 is 5.60 Å². The summed E-state index contributed by atoms with van der Waals surface area (Å²) in [7, 11) is 3.69. The monoisotopic (exact) mass is 557 g/mol. The number of unbranched alkanes of at least 4 members (excludes halogenated alkanes) is 1. The first-order chi connectivity index (χ1) is 19.5. The zero-order valence-corrected chi connectivity index (χ0v) is 25.2. The molecule has 1 aromatic carbocycles. The largest absolute Gasteiger partial charge is 0.493 e. The molecule has 1 saturated heterocycles. The first-order valence-electron chi connectivity index (χ1n) is 16.2. The van der Waals surface area contributed by atoms with Crippen molar-refractivity contribution in [2.24, 2.45) is 17.8 Å². The van der Waals surface area contributed by atoms with Crippen molar-refractivity contribution in [3.63, 3.8) is 0 Å². The second-order valence-electron chi connectivity index (χ2n) is 12.7. The Morgan fingerprint density at radius 1 is 1.05 bits per heavy atom. The summed E-state index contributed by atoms with van der Waals surface area (Å²) < 4.78 is 11.6. The number of ether oxygens (including phenoxy) is 2. The standard InChI is InChI=1S/C33H55N3O4/c1-34-24-29(23-27-11-4-3-5-12-27)35-32(37)36-20-10-13-28(25-36)33(38,19-8-9-21-39-2)30-14-6-7-15-31(30)40-22-18-26-16-17-26/h6-7,14-15,26-29,34,38H,3-5,8-13,16-25H2,1-2H3,(H,35,37)/t28-,29+,33?/m1/s1. The zero-order chi connectivity index (χ0) is 28.2. The summed E-state index contributed by atoms with van der Waals surface area (Å²) in [5.41, 5.74) is -0.184. The number of likely N-dealkylation sites (tertiary alicyclic amines) is 1. The molecule has 4 rings (SSSR count).